The number of hydrogen-bond donors (Lipinski definition) is 1. The van der Waals surface area contributed by atoms with E-state index >= 15 is 0 Å². The third-order valence-electron chi connectivity index (χ3n) is 2.69. The Morgan fingerprint density at radius 3 is 2.62 bits per heavy atom. The van der Waals surface area contributed by atoms with E-state index < -0.39 is 12.4 Å². The van der Waals surface area contributed by atoms with Gasteiger partial charge in [-0.3, -0.25) is 0 Å². The first-order valence-electron chi connectivity index (χ1n) is 4.52. The zero-order valence-corrected chi connectivity index (χ0v) is 19.2. The van der Waals surface area contributed by atoms with Crippen molar-refractivity contribution in [2.75, 3.05) is 13.4 Å². The van der Waals surface area contributed by atoms with Crippen LogP contribution in [0.3, 0.4) is 0 Å². The minimum atomic E-state index is -0.397. The molecule has 0 bridgehead atoms. The molecule has 6 nitrogen and oxygen atoms in total. The predicted molar refractivity (Wildman–Crippen MR) is 40.6 cm³/mol. The Morgan fingerprint density at radius 1 is 1.06 bits per heavy atom. The summed E-state index contributed by atoms with van der Waals surface area (Å²) in [5.41, 5.74) is 0. The van der Waals surface area contributed by atoms with Crippen molar-refractivity contribution in [3.63, 3.8) is 0 Å². The van der Waals surface area contributed by atoms with Gasteiger partial charge in [-0.15, -0.1) is 0 Å². The van der Waals surface area contributed by atoms with Crippen LogP contribution in [0, 0.1) is 6.79 Å². The topological polar surface area (TPSA) is 66.4 Å². The number of hydrogen-bond acceptors (Lipinski definition) is 6. The fourth-order valence-corrected chi connectivity index (χ4v) is 1.99. The maximum atomic E-state index is 9.04. The fourth-order valence-electron chi connectivity index (χ4n) is 1.99. The van der Waals surface area contributed by atoms with E-state index in [4.69, 9.17) is 28.8 Å². The van der Waals surface area contributed by atoms with Crippen LogP contribution in [0.4, 0.5) is 0 Å². The smallest absolute Gasteiger partial charge is 0.519 e. The van der Waals surface area contributed by atoms with Crippen molar-refractivity contribution in [3.05, 3.63) is 6.79 Å². The Bertz CT molecular complexity index is 231. The Hall–Kier alpha value is 3.37. The normalized spacial score (nSPS) is 45.2. The number of aliphatic hydroxyl groups is 1. The number of ether oxygens (including phenoxy) is 5. The van der Waals surface area contributed by atoms with Crippen molar-refractivity contribution >= 4 is 0 Å². The SMILES string of the molecule is OCC1O[CH-]OC2C1OC1OCOC12.[Rb+].[Rb+]. The van der Waals surface area contributed by atoms with Gasteiger partial charge >= 0.3 is 116 Å². The van der Waals surface area contributed by atoms with Crippen LogP contribution in [-0.4, -0.2) is 49.2 Å². The fraction of sp³-hybridized carbons (Fsp3) is 0.875. The van der Waals surface area contributed by atoms with E-state index in [2.05, 4.69) is 0 Å². The van der Waals surface area contributed by atoms with Crippen LogP contribution in [0.25, 0.3) is 0 Å². The van der Waals surface area contributed by atoms with Gasteiger partial charge in [-0.05, 0) is 0 Å². The van der Waals surface area contributed by atoms with Crippen molar-refractivity contribution in [1.29, 1.82) is 0 Å². The average molecular weight is 374 g/mol. The van der Waals surface area contributed by atoms with Gasteiger partial charge in [0.15, 0.2) is 13.1 Å². The summed E-state index contributed by atoms with van der Waals surface area (Å²) in [5.74, 6) is 0. The van der Waals surface area contributed by atoms with Crippen LogP contribution in [0.2, 0.25) is 0 Å². The van der Waals surface area contributed by atoms with Gasteiger partial charge in [0, 0.05) is 0 Å². The molecule has 3 saturated heterocycles. The molecule has 0 aliphatic carbocycles. The molecule has 0 amide bonds. The number of fused-ring (bicyclic) bond motifs is 3. The molecule has 80 valence electrons. The molecular formula is C8H11O6Rb2+. The third kappa shape index (κ3) is 3.33. The minimum Gasteiger partial charge on any atom is -0.519 e. The molecule has 3 aliphatic heterocycles. The monoisotopic (exact) mass is 373 g/mol. The quantitative estimate of drug-likeness (QED) is 0.461. The summed E-state index contributed by atoms with van der Waals surface area (Å²) in [6.07, 6.45) is -1.57. The van der Waals surface area contributed by atoms with Crippen molar-refractivity contribution in [3.8, 4) is 0 Å². The first kappa shape index (κ1) is 17.4. The molecule has 1 N–H and O–H groups in total. The Balaban J connectivity index is 0.000000640. The summed E-state index contributed by atoms with van der Waals surface area (Å²) in [5, 5.41) is 9.04. The maximum Gasteiger partial charge on any atom is 1.00 e. The third-order valence-corrected chi connectivity index (χ3v) is 2.69. The number of rotatable bonds is 1. The van der Waals surface area contributed by atoms with E-state index in [-0.39, 0.29) is 148 Å². The van der Waals surface area contributed by atoms with Crippen LogP contribution in [0.1, 0.15) is 0 Å². The summed E-state index contributed by atoms with van der Waals surface area (Å²) in [6.45, 7) is 1.35. The van der Waals surface area contributed by atoms with Crippen LogP contribution < -0.4 is 116 Å². The molecule has 0 aromatic carbocycles. The molecule has 3 fully saturated rings. The molecule has 3 aliphatic rings. The summed E-state index contributed by atoms with van der Waals surface area (Å²) in [6, 6.07) is 0. The summed E-state index contributed by atoms with van der Waals surface area (Å²) in [4.78, 5) is 0. The van der Waals surface area contributed by atoms with Gasteiger partial charge in [0.1, 0.15) is 12.2 Å². The molecule has 0 saturated carbocycles. The van der Waals surface area contributed by atoms with Crippen LogP contribution >= 0.6 is 0 Å². The van der Waals surface area contributed by atoms with Crippen molar-refractivity contribution in [2.24, 2.45) is 0 Å². The summed E-state index contributed by atoms with van der Waals surface area (Å²) < 4.78 is 26.3. The largest absolute Gasteiger partial charge is 1.00 e. The maximum absolute atomic E-state index is 9.04. The summed E-state index contributed by atoms with van der Waals surface area (Å²) in [7, 11) is 0. The second-order valence-electron chi connectivity index (χ2n) is 3.44. The standard InChI is InChI=1S/C8H11O6.2Rb/c9-1-4-5-6(11-2-10-4)7-8(14-5)13-3-12-7;;/h2,4-9H,1,3H2;;/q-1;2*+1. The van der Waals surface area contributed by atoms with E-state index in [0.29, 0.717) is 0 Å². The molecule has 0 radical (unpaired) electrons. The Kier molecular flexibility index (Phi) is 8.68. The molecule has 8 heteroatoms. The molecule has 16 heavy (non-hydrogen) atoms. The van der Waals surface area contributed by atoms with Crippen LogP contribution in [0.15, 0.2) is 0 Å². The molecule has 0 aromatic rings. The van der Waals surface area contributed by atoms with Crippen molar-refractivity contribution in [2.45, 2.75) is 30.7 Å². The van der Waals surface area contributed by atoms with Gasteiger partial charge in [0.05, 0.1) is 18.8 Å². The van der Waals surface area contributed by atoms with E-state index in [1.807, 2.05) is 0 Å². The molecular weight excluding hydrogens is 363 g/mol. The van der Waals surface area contributed by atoms with Gasteiger partial charge in [-0.1, -0.05) is 6.79 Å². The predicted octanol–water partition coefficient (Wildman–Crippen LogP) is -7.01. The molecule has 3 rings (SSSR count). The van der Waals surface area contributed by atoms with Gasteiger partial charge in [-0.2, -0.15) is 0 Å². The Morgan fingerprint density at radius 2 is 1.88 bits per heavy atom. The van der Waals surface area contributed by atoms with Crippen LogP contribution in [-0.2, 0) is 23.7 Å². The van der Waals surface area contributed by atoms with Gasteiger partial charge in [0.25, 0.3) is 0 Å². The average Bonchev–Trinajstić information content (AvgIpc) is 2.76. The van der Waals surface area contributed by atoms with Crippen molar-refractivity contribution < 1.29 is 145 Å². The first-order chi connectivity index (χ1) is 6.90. The molecule has 5 atom stereocenters. The van der Waals surface area contributed by atoms with Gasteiger partial charge in [0.2, 0.25) is 0 Å². The molecule has 0 spiro atoms. The molecule has 3 heterocycles. The zero-order valence-electron chi connectivity index (χ0n) is 9.37. The van der Waals surface area contributed by atoms with E-state index in [1.54, 1.807) is 0 Å². The first-order valence-corrected chi connectivity index (χ1v) is 4.52. The van der Waals surface area contributed by atoms with Crippen LogP contribution in [0.5, 0.6) is 0 Å². The zero-order chi connectivity index (χ0) is 9.54. The number of aliphatic hydroxyl groups excluding tert-OH is 1. The van der Waals surface area contributed by atoms with E-state index in [1.165, 1.54) is 6.79 Å². The summed E-state index contributed by atoms with van der Waals surface area (Å²) >= 11 is 0. The molecule has 0 aromatic heterocycles. The minimum absolute atomic E-state index is 0. The second kappa shape index (κ2) is 7.97. The van der Waals surface area contributed by atoms with Gasteiger partial charge < -0.3 is 28.8 Å². The van der Waals surface area contributed by atoms with Crippen molar-refractivity contribution in [1.82, 2.24) is 0 Å². The second-order valence-corrected chi connectivity index (χ2v) is 3.44. The molecule has 5 unspecified atom stereocenters. The Labute approximate surface area is 191 Å². The van der Waals surface area contributed by atoms with E-state index in [0.717, 1.165) is 0 Å². The van der Waals surface area contributed by atoms with E-state index in [9.17, 15) is 0 Å². The van der Waals surface area contributed by atoms with Gasteiger partial charge in [-0.25, -0.2) is 0 Å².